The zero-order chi connectivity index (χ0) is 16.6. The molecule has 0 aliphatic rings. The Balaban J connectivity index is 2.33. The molecule has 0 atom stereocenters. The molecule has 0 fully saturated rings. The fraction of sp³-hybridized carbons (Fsp3) is 0.111. The fourth-order valence-corrected chi connectivity index (χ4v) is 2.87. The molecule has 2 aromatic carbocycles. The Bertz CT molecular complexity index is 922. The molecular formula is C18H13Cl2NO2. The highest BCUT2D eigenvalue weighted by atomic mass is 35.5. The molecule has 0 saturated carbocycles. The van der Waals surface area contributed by atoms with E-state index in [1.807, 2.05) is 19.1 Å². The Morgan fingerprint density at radius 3 is 2.57 bits per heavy atom. The SMILES string of the molecule is CCc1cccc2c(C(=O)O)cc(-c3ccc(Cl)c(Cl)c3)nc12. The molecule has 5 heteroatoms. The van der Waals surface area contributed by atoms with Gasteiger partial charge in [-0.3, -0.25) is 0 Å². The fourth-order valence-electron chi connectivity index (χ4n) is 2.57. The average Bonchev–Trinajstić information content (AvgIpc) is 2.55. The summed E-state index contributed by atoms with van der Waals surface area (Å²) >= 11 is 12.0. The Hall–Kier alpha value is -2.10. The summed E-state index contributed by atoms with van der Waals surface area (Å²) in [7, 11) is 0. The van der Waals surface area contributed by atoms with Crippen molar-refractivity contribution in [1.82, 2.24) is 4.98 Å². The molecule has 0 saturated heterocycles. The van der Waals surface area contributed by atoms with Gasteiger partial charge in [0.2, 0.25) is 0 Å². The third kappa shape index (κ3) is 2.90. The third-order valence-corrected chi connectivity index (χ3v) is 4.49. The molecule has 3 aromatic rings. The predicted octanol–water partition coefficient (Wildman–Crippen LogP) is 5.47. The maximum atomic E-state index is 11.6. The Labute approximate surface area is 143 Å². The maximum Gasteiger partial charge on any atom is 0.336 e. The maximum absolute atomic E-state index is 11.6. The van der Waals surface area contributed by atoms with E-state index in [9.17, 15) is 9.90 Å². The lowest BCUT2D eigenvalue weighted by Crippen LogP contribution is -2.01. The van der Waals surface area contributed by atoms with Gasteiger partial charge in [-0.25, -0.2) is 9.78 Å². The number of aryl methyl sites for hydroxylation is 1. The van der Waals surface area contributed by atoms with Crippen molar-refractivity contribution in [3.63, 3.8) is 0 Å². The summed E-state index contributed by atoms with van der Waals surface area (Å²) in [6.45, 7) is 2.02. The molecule has 0 bridgehead atoms. The van der Waals surface area contributed by atoms with Crippen molar-refractivity contribution >= 4 is 40.1 Å². The van der Waals surface area contributed by atoms with Crippen LogP contribution in [0, 0.1) is 0 Å². The number of nitrogens with zero attached hydrogens (tertiary/aromatic N) is 1. The van der Waals surface area contributed by atoms with Crippen LogP contribution >= 0.6 is 23.2 Å². The van der Waals surface area contributed by atoms with Gasteiger partial charge in [0.15, 0.2) is 0 Å². The van der Waals surface area contributed by atoms with E-state index >= 15 is 0 Å². The Morgan fingerprint density at radius 1 is 1.13 bits per heavy atom. The molecule has 3 nitrogen and oxygen atoms in total. The summed E-state index contributed by atoms with van der Waals surface area (Å²) in [6, 6.07) is 12.3. The van der Waals surface area contributed by atoms with Crippen LogP contribution in [0.15, 0.2) is 42.5 Å². The van der Waals surface area contributed by atoms with Gasteiger partial charge in [0.1, 0.15) is 0 Å². The number of hydrogen-bond acceptors (Lipinski definition) is 2. The van der Waals surface area contributed by atoms with E-state index in [1.54, 1.807) is 30.3 Å². The van der Waals surface area contributed by atoms with E-state index in [0.29, 0.717) is 26.6 Å². The standard InChI is InChI=1S/C18H13Cl2NO2/c1-2-10-4-3-5-12-13(18(22)23)9-16(21-17(10)12)11-6-7-14(19)15(20)8-11/h3-9H,2H2,1H3,(H,22,23). The second-order valence-corrected chi connectivity index (χ2v) is 5.97. The van der Waals surface area contributed by atoms with E-state index in [-0.39, 0.29) is 5.56 Å². The van der Waals surface area contributed by atoms with Gasteiger partial charge in [-0.1, -0.05) is 54.4 Å². The minimum atomic E-state index is -0.980. The van der Waals surface area contributed by atoms with Crippen LogP contribution in [-0.2, 0) is 6.42 Å². The molecule has 1 heterocycles. The molecule has 0 unspecified atom stereocenters. The lowest BCUT2D eigenvalue weighted by atomic mass is 10.0. The van der Waals surface area contributed by atoms with Crippen LogP contribution in [0.1, 0.15) is 22.8 Å². The largest absolute Gasteiger partial charge is 0.478 e. The van der Waals surface area contributed by atoms with Crippen molar-refractivity contribution < 1.29 is 9.90 Å². The van der Waals surface area contributed by atoms with Crippen LogP contribution in [0.5, 0.6) is 0 Å². The third-order valence-electron chi connectivity index (χ3n) is 3.75. The molecule has 1 N–H and O–H groups in total. The molecule has 0 aliphatic heterocycles. The number of halogens is 2. The van der Waals surface area contributed by atoms with Crippen LogP contribution < -0.4 is 0 Å². The average molecular weight is 346 g/mol. The lowest BCUT2D eigenvalue weighted by molar-refractivity contribution is 0.0699. The number of para-hydroxylation sites is 1. The second kappa shape index (κ2) is 6.19. The van der Waals surface area contributed by atoms with E-state index in [4.69, 9.17) is 23.2 Å². The van der Waals surface area contributed by atoms with Crippen LogP contribution in [-0.4, -0.2) is 16.1 Å². The number of aromatic carboxylic acids is 1. The summed E-state index contributed by atoms with van der Waals surface area (Å²) in [4.78, 5) is 16.3. The van der Waals surface area contributed by atoms with Crippen LogP contribution in [0.3, 0.4) is 0 Å². The first kappa shape index (κ1) is 15.8. The molecule has 0 amide bonds. The van der Waals surface area contributed by atoms with Gasteiger partial charge in [0, 0.05) is 10.9 Å². The van der Waals surface area contributed by atoms with Gasteiger partial charge in [-0.15, -0.1) is 0 Å². The van der Waals surface area contributed by atoms with Gasteiger partial charge < -0.3 is 5.11 Å². The first-order valence-corrected chi connectivity index (χ1v) is 7.88. The highest BCUT2D eigenvalue weighted by Crippen LogP contribution is 2.31. The van der Waals surface area contributed by atoms with Gasteiger partial charge in [0.05, 0.1) is 26.8 Å². The number of rotatable bonds is 3. The van der Waals surface area contributed by atoms with Crippen molar-refractivity contribution in [2.45, 2.75) is 13.3 Å². The summed E-state index contributed by atoms with van der Waals surface area (Å²) in [5.74, 6) is -0.980. The quantitative estimate of drug-likeness (QED) is 0.684. The first-order valence-electron chi connectivity index (χ1n) is 7.12. The van der Waals surface area contributed by atoms with Crippen LogP contribution in [0.4, 0.5) is 0 Å². The molecule has 0 aliphatic carbocycles. The van der Waals surface area contributed by atoms with E-state index in [1.165, 1.54) is 0 Å². The number of pyridine rings is 1. The second-order valence-electron chi connectivity index (χ2n) is 5.16. The number of carboxylic acids is 1. The zero-order valence-electron chi connectivity index (χ0n) is 12.3. The first-order chi connectivity index (χ1) is 11.0. The summed E-state index contributed by atoms with van der Waals surface area (Å²) in [5.41, 5.74) is 3.23. The minimum absolute atomic E-state index is 0.228. The summed E-state index contributed by atoms with van der Waals surface area (Å²) in [5, 5.41) is 11.0. The van der Waals surface area contributed by atoms with Gasteiger partial charge in [0.25, 0.3) is 0 Å². The minimum Gasteiger partial charge on any atom is -0.478 e. The zero-order valence-corrected chi connectivity index (χ0v) is 13.8. The molecule has 116 valence electrons. The monoisotopic (exact) mass is 345 g/mol. The van der Waals surface area contributed by atoms with Gasteiger partial charge in [-0.2, -0.15) is 0 Å². The van der Waals surface area contributed by atoms with Crippen LogP contribution in [0.25, 0.3) is 22.2 Å². The van der Waals surface area contributed by atoms with E-state index in [0.717, 1.165) is 17.5 Å². The summed E-state index contributed by atoms with van der Waals surface area (Å²) in [6.07, 6.45) is 0.772. The van der Waals surface area contributed by atoms with Crippen molar-refractivity contribution in [3.8, 4) is 11.3 Å². The van der Waals surface area contributed by atoms with E-state index in [2.05, 4.69) is 4.98 Å². The highest BCUT2D eigenvalue weighted by molar-refractivity contribution is 6.42. The van der Waals surface area contributed by atoms with Gasteiger partial charge >= 0.3 is 5.97 Å². The molecule has 23 heavy (non-hydrogen) atoms. The molecule has 0 spiro atoms. The molecule has 1 aromatic heterocycles. The number of aromatic nitrogens is 1. The number of fused-ring (bicyclic) bond motifs is 1. The summed E-state index contributed by atoms with van der Waals surface area (Å²) < 4.78 is 0. The molecule has 3 rings (SSSR count). The van der Waals surface area contributed by atoms with Gasteiger partial charge in [-0.05, 0) is 30.2 Å². The topological polar surface area (TPSA) is 50.2 Å². The predicted molar refractivity (Wildman–Crippen MR) is 93.5 cm³/mol. The molecule has 0 radical (unpaired) electrons. The number of carbonyl (C=O) groups is 1. The highest BCUT2D eigenvalue weighted by Gasteiger charge is 2.15. The Morgan fingerprint density at radius 2 is 1.91 bits per heavy atom. The van der Waals surface area contributed by atoms with E-state index < -0.39 is 5.97 Å². The van der Waals surface area contributed by atoms with Crippen molar-refractivity contribution in [2.24, 2.45) is 0 Å². The van der Waals surface area contributed by atoms with Crippen molar-refractivity contribution in [2.75, 3.05) is 0 Å². The Kier molecular flexibility index (Phi) is 4.24. The van der Waals surface area contributed by atoms with Crippen molar-refractivity contribution in [1.29, 1.82) is 0 Å². The lowest BCUT2D eigenvalue weighted by Gasteiger charge is -2.10. The smallest absolute Gasteiger partial charge is 0.336 e. The normalized spacial score (nSPS) is 10.9. The van der Waals surface area contributed by atoms with Crippen molar-refractivity contribution in [3.05, 3.63) is 63.6 Å². The number of benzene rings is 2. The number of hydrogen-bond donors (Lipinski definition) is 1. The van der Waals surface area contributed by atoms with Crippen LogP contribution in [0.2, 0.25) is 10.0 Å². The number of carboxylic acid groups (broad SMARTS) is 1. The molecular weight excluding hydrogens is 333 g/mol.